The zero-order chi connectivity index (χ0) is 20.8. The lowest BCUT2D eigenvalue weighted by atomic mass is 10.2. The lowest BCUT2D eigenvalue weighted by Crippen LogP contribution is -1.96. The van der Waals surface area contributed by atoms with Crippen molar-refractivity contribution >= 4 is 39.2 Å². The lowest BCUT2D eigenvalue weighted by Gasteiger charge is -2.07. The molecule has 0 bridgehead atoms. The Morgan fingerprint density at radius 2 is 1.72 bits per heavy atom. The van der Waals surface area contributed by atoms with Gasteiger partial charge in [0.05, 0.1) is 27.8 Å². The summed E-state index contributed by atoms with van der Waals surface area (Å²) in [5, 5.41) is 26.2. The van der Waals surface area contributed by atoms with Gasteiger partial charge in [0.25, 0.3) is 5.69 Å². The van der Waals surface area contributed by atoms with Crippen LogP contribution in [0.15, 0.2) is 76.3 Å². The minimum atomic E-state index is -0.726. The molecule has 29 heavy (non-hydrogen) atoms. The summed E-state index contributed by atoms with van der Waals surface area (Å²) < 4.78 is 6.53. The molecular weight excluding hydrogens is 444 g/mol. The van der Waals surface area contributed by atoms with E-state index in [2.05, 4.69) is 26.5 Å². The number of hydrogen-bond donors (Lipinski definition) is 1. The first-order chi connectivity index (χ1) is 13.9. The van der Waals surface area contributed by atoms with Crippen LogP contribution in [-0.4, -0.2) is 16.1 Å². The van der Waals surface area contributed by atoms with Crippen LogP contribution in [0.4, 0.5) is 17.1 Å². The maximum atomic E-state index is 11.2. The number of ether oxygens (including phenoxy) is 1. The summed E-state index contributed by atoms with van der Waals surface area (Å²) in [5.41, 5.74) is 3.50. The Hall–Kier alpha value is -3.79. The van der Waals surface area contributed by atoms with E-state index >= 15 is 0 Å². The van der Waals surface area contributed by atoms with E-state index in [1.807, 2.05) is 24.3 Å². The molecule has 0 fully saturated rings. The molecule has 0 aliphatic heterocycles. The van der Waals surface area contributed by atoms with Crippen molar-refractivity contribution in [2.75, 3.05) is 5.43 Å². The minimum Gasteiger partial charge on any atom is -0.450 e. The number of benzene rings is 3. The quantitative estimate of drug-likeness (QED) is 0.284. The summed E-state index contributed by atoms with van der Waals surface area (Å²) in [6.45, 7) is 0. The maximum absolute atomic E-state index is 11.2. The molecule has 0 aliphatic carbocycles. The number of non-ortho nitro benzene ring substituents is 1. The van der Waals surface area contributed by atoms with Gasteiger partial charge in [0.2, 0.25) is 5.75 Å². The van der Waals surface area contributed by atoms with E-state index in [4.69, 9.17) is 4.74 Å². The number of hydrazone groups is 1. The first-order valence-electron chi connectivity index (χ1n) is 8.18. The van der Waals surface area contributed by atoms with Crippen LogP contribution < -0.4 is 10.2 Å². The Labute approximate surface area is 173 Å². The first kappa shape index (κ1) is 20.0. The second-order valence-electron chi connectivity index (χ2n) is 5.72. The average molecular weight is 457 g/mol. The van der Waals surface area contributed by atoms with E-state index in [0.29, 0.717) is 11.3 Å². The molecule has 0 saturated heterocycles. The maximum Gasteiger partial charge on any atom is 0.318 e. The molecule has 0 unspecified atom stereocenters. The minimum absolute atomic E-state index is 0.0947. The van der Waals surface area contributed by atoms with Crippen molar-refractivity contribution in [3.63, 3.8) is 0 Å². The van der Waals surface area contributed by atoms with Crippen LogP contribution in [0.1, 0.15) is 5.56 Å². The SMILES string of the molecule is O=[N+]([O-])c1ccc(Oc2cccc(C=NNc3ccc(Br)cc3)c2)c([N+](=O)[O-])c1. The van der Waals surface area contributed by atoms with Crippen molar-refractivity contribution in [3.05, 3.63) is 97.0 Å². The van der Waals surface area contributed by atoms with Crippen LogP contribution in [0.3, 0.4) is 0 Å². The number of nitrogens with zero attached hydrogens (tertiary/aromatic N) is 3. The monoisotopic (exact) mass is 456 g/mol. The van der Waals surface area contributed by atoms with Gasteiger partial charge in [-0.15, -0.1) is 0 Å². The van der Waals surface area contributed by atoms with Gasteiger partial charge in [-0.3, -0.25) is 25.7 Å². The standard InChI is InChI=1S/C19H13BrN4O5/c20-14-4-6-15(7-5-14)22-21-12-13-2-1-3-17(10-13)29-19-9-8-16(23(25)26)11-18(19)24(27)28/h1-12,22H. The van der Waals surface area contributed by atoms with Gasteiger partial charge in [-0.25, -0.2) is 0 Å². The molecule has 0 amide bonds. The number of nitrogens with one attached hydrogen (secondary N) is 1. The zero-order valence-electron chi connectivity index (χ0n) is 14.7. The number of hydrogen-bond acceptors (Lipinski definition) is 7. The number of anilines is 1. The third-order valence-electron chi connectivity index (χ3n) is 3.69. The Bertz CT molecular complexity index is 1090. The van der Waals surface area contributed by atoms with Gasteiger partial charge in [0.15, 0.2) is 0 Å². The molecule has 3 aromatic rings. The van der Waals surface area contributed by atoms with Crippen LogP contribution in [0.25, 0.3) is 0 Å². The molecule has 0 spiro atoms. The van der Waals surface area contributed by atoms with Crippen LogP contribution >= 0.6 is 15.9 Å². The second-order valence-corrected chi connectivity index (χ2v) is 6.63. The second kappa shape index (κ2) is 8.93. The van der Waals surface area contributed by atoms with E-state index in [-0.39, 0.29) is 11.4 Å². The molecule has 0 atom stereocenters. The Balaban J connectivity index is 1.76. The molecule has 0 aromatic heterocycles. The normalized spacial score (nSPS) is 10.7. The molecule has 146 valence electrons. The molecule has 3 rings (SSSR count). The topological polar surface area (TPSA) is 120 Å². The summed E-state index contributed by atoms with van der Waals surface area (Å²) in [6, 6.07) is 17.4. The molecule has 9 nitrogen and oxygen atoms in total. The number of nitro groups is 2. The predicted octanol–water partition coefficient (Wildman–Crippen LogP) is 5.50. The van der Waals surface area contributed by atoms with Gasteiger partial charge >= 0.3 is 5.69 Å². The lowest BCUT2D eigenvalue weighted by molar-refractivity contribution is -0.394. The Morgan fingerprint density at radius 1 is 0.966 bits per heavy atom. The van der Waals surface area contributed by atoms with Gasteiger partial charge in [0.1, 0.15) is 5.75 Å². The summed E-state index contributed by atoms with van der Waals surface area (Å²) in [6.07, 6.45) is 1.57. The van der Waals surface area contributed by atoms with E-state index in [0.717, 1.165) is 22.3 Å². The van der Waals surface area contributed by atoms with Gasteiger partial charge in [0, 0.05) is 10.5 Å². The van der Waals surface area contributed by atoms with E-state index in [9.17, 15) is 20.2 Å². The highest BCUT2D eigenvalue weighted by Crippen LogP contribution is 2.34. The van der Waals surface area contributed by atoms with Crippen molar-refractivity contribution in [2.45, 2.75) is 0 Å². The molecule has 0 aliphatic rings. The van der Waals surface area contributed by atoms with Gasteiger partial charge in [-0.05, 0) is 48.0 Å². The van der Waals surface area contributed by atoms with Crippen molar-refractivity contribution in [3.8, 4) is 11.5 Å². The van der Waals surface area contributed by atoms with E-state index in [1.165, 1.54) is 6.07 Å². The fourth-order valence-electron chi connectivity index (χ4n) is 2.34. The Morgan fingerprint density at radius 3 is 2.41 bits per heavy atom. The largest absolute Gasteiger partial charge is 0.450 e. The molecule has 1 N–H and O–H groups in total. The molecule has 10 heteroatoms. The van der Waals surface area contributed by atoms with Crippen LogP contribution in [0.2, 0.25) is 0 Å². The Kier molecular flexibility index (Phi) is 6.15. The number of rotatable bonds is 7. The highest BCUT2D eigenvalue weighted by atomic mass is 79.9. The van der Waals surface area contributed by atoms with Crippen molar-refractivity contribution in [2.24, 2.45) is 5.10 Å². The molecule has 0 heterocycles. The molecule has 0 saturated carbocycles. The summed E-state index contributed by atoms with van der Waals surface area (Å²) in [5.74, 6) is 0.234. The fourth-order valence-corrected chi connectivity index (χ4v) is 2.60. The van der Waals surface area contributed by atoms with Crippen LogP contribution in [0, 0.1) is 20.2 Å². The fraction of sp³-hybridized carbons (Fsp3) is 0. The molecule has 0 radical (unpaired) electrons. The smallest absolute Gasteiger partial charge is 0.318 e. The third kappa shape index (κ3) is 5.36. The van der Waals surface area contributed by atoms with E-state index < -0.39 is 15.5 Å². The predicted molar refractivity (Wildman–Crippen MR) is 112 cm³/mol. The summed E-state index contributed by atoms with van der Waals surface area (Å²) >= 11 is 3.35. The first-order valence-corrected chi connectivity index (χ1v) is 8.97. The average Bonchev–Trinajstić information content (AvgIpc) is 2.70. The molecule has 3 aromatic carbocycles. The molecular formula is C19H13BrN4O5. The van der Waals surface area contributed by atoms with E-state index in [1.54, 1.807) is 30.5 Å². The number of halogens is 1. The van der Waals surface area contributed by atoms with Gasteiger partial charge in [-0.2, -0.15) is 5.10 Å². The summed E-state index contributed by atoms with van der Waals surface area (Å²) in [4.78, 5) is 20.6. The van der Waals surface area contributed by atoms with Crippen molar-refractivity contribution in [1.82, 2.24) is 0 Å². The van der Waals surface area contributed by atoms with Crippen molar-refractivity contribution < 1.29 is 14.6 Å². The van der Waals surface area contributed by atoms with Gasteiger partial charge < -0.3 is 4.74 Å². The highest BCUT2D eigenvalue weighted by Gasteiger charge is 2.21. The van der Waals surface area contributed by atoms with Gasteiger partial charge in [-0.1, -0.05) is 28.1 Å². The zero-order valence-corrected chi connectivity index (χ0v) is 16.3. The van der Waals surface area contributed by atoms with Crippen molar-refractivity contribution in [1.29, 1.82) is 0 Å². The highest BCUT2D eigenvalue weighted by molar-refractivity contribution is 9.10. The third-order valence-corrected chi connectivity index (χ3v) is 4.22. The van der Waals surface area contributed by atoms with Crippen LogP contribution in [-0.2, 0) is 0 Å². The van der Waals surface area contributed by atoms with Crippen LogP contribution in [0.5, 0.6) is 11.5 Å². The number of nitro benzene ring substituents is 2. The summed E-state index contributed by atoms with van der Waals surface area (Å²) in [7, 11) is 0.